The molecular weight excluding hydrogens is 421 g/mol. The number of hydrogen-bond acceptors (Lipinski definition) is 3. The Morgan fingerprint density at radius 2 is 1.50 bits per heavy atom. The van der Waals surface area contributed by atoms with Crippen molar-refractivity contribution in [2.45, 2.75) is 37.0 Å². The van der Waals surface area contributed by atoms with Gasteiger partial charge in [0.15, 0.2) is 0 Å². The van der Waals surface area contributed by atoms with Crippen molar-refractivity contribution >= 4 is 29.2 Å². The monoisotopic (exact) mass is 448 g/mol. The zero-order chi connectivity index (χ0) is 21.9. The van der Waals surface area contributed by atoms with Crippen molar-refractivity contribution in [1.29, 1.82) is 0 Å². The van der Waals surface area contributed by atoms with E-state index in [1.165, 1.54) is 0 Å². The molecule has 2 aromatic carbocycles. The van der Waals surface area contributed by atoms with Crippen molar-refractivity contribution in [3.63, 3.8) is 0 Å². The molecule has 160 valence electrons. The summed E-state index contributed by atoms with van der Waals surface area (Å²) in [4.78, 5) is 13.4. The smallest absolute Gasteiger partial charge is 0.347 e. The lowest BCUT2D eigenvalue weighted by molar-refractivity contribution is -0.889. The number of rotatable bonds is 5. The number of esters is 1. The predicted octanol–water partition coefficient (Wildman–Crippen LogP) is 4.96. The van der Waals surface area contributed by atoms with E-state index in [0.717, 1.165) is 17.3 Å². The lowest BCUT2D eigenvalue weighted by Gasteiger charge is -2.34. The van der Waals surface area contributed by atoms with E-state index in [4.69, 9.17) is 27.9 Å². The number of carbonyl (C=O) groups excluding carboxylic acids is 1. The van der Waals surface area contributed by atoms with E-state index in [9.17, 15) is 9.90 Å². The SMILES string of the molecule is C[N+](C)(C)C1C=CCC[C@@H](OC(=O)C(O)(c2ccc(Cl)cc2)c2ccc(Cl)cc2)C1. The average molecular weight is 449 g/mol. The molecule has 3 rings (SSSR count). The van der Waals surface area contributed by atoms with E-state index >= 15 is 0 Å². The third-order valence-electron chi connectivity index (χ3n) is 5.61. The number of nitrogens with zero attached hydrogens (tertiary/aromatic N) is 1. The van der Waals surface area contributed by atoms with E-state index in [2.05, 4.69) is 33.3 Å². The van der Waals surface area contributed by atoms with Gasteiger partial charge in [-0.1, -0.05) is 53.5 Å². The number of hydrogen-bond donors (Lipinski definition) is 1. The molecule has 30 heavy (non-hydrogen) atoms. The van der Waals surface area contributed by atoms with Gasteiger partial charge in [-0.05, 0) is 54.3 Å². The van der Waals surface area contributed by atoms with Gasteiger partial charge in [0, 0.05) is 16.5 Å². The van der Waals surface area contributed by atoms with Gasteiger partial charge < -0.3 is 14.3 Å². The molecule has 1 unspecified atom stereocenters. The van der Waals surface area contributed by atoms with Crippen LogP contribution in [0.25, 0.3) is 0 Å². The van der Waals surface area contributed by atoms with Gasteiger partial charge in [-0.3, -0.25) is 0 Å². The highest BCUT2D eigenvalue weighted by atomic mass is 35.5. The van der Waals surface area contributed by atoms with Crippen LogP contribution in [0.4, 0.5) is 0 Å². The van der Waals surface area contributed by atoms with E-state index in [1.807, 2.05) is 0 Å². The second kappa shape index (κ2) is 9.11. The molecule has 1 N–H and O–H groups in total. The van der Waals surface area contributed by atoms with E-state index in [-0.39, 0.29) is 12.1 Å². The number of likely N-dealkylation sites (N-methyl/N-ethyl adjacent to an activating group) is 1. The van der Waals surface area contributed by atoms with Gasteiger partial charge in [0.05, 0.1) is 21.1 Å². The van der Waals surface area contributed by atoms with Crippen molar-refractivity contribution in [2.24, 2.45) is 0 Å². The fourth-order valence-electron chi connectivity index (χ4n) is 3.70. The standard InChI is InChI=1S/C24H28Cl2NO3/c1-27(2,3)21-6-4-5-7-22(16-21)30-23(28)24(29,17-8-12-19(25)13-9-17)18-10-14-20(26)15-11-18/h4,6,8-15,21-22,29H,5,7,16H2,1-3H3/q+1/t21?,22-/m1/s1. The lowest BCUT2D eigenvalue weighted by Crippen LogP contribution is -2.46. The van der Waals surface area contributed by atoms with E-state index < -0.39 is 11.6 Å². The Morgan fingerprint density at radius 3 is 1.97 bits per heavy atom. The largest absolute Gasteiger partial charge is 0.459 e. The number of quaternary nitrogens is 1. The van der Waals surface area contributed by atoms with Gasteiger partial charge in [0.25, 0.3) is 0 Å². The topological polar surface area (TPSA) is 46.5 Å². The van der Waals surface area contributed by atoms with Crippen molar-refractivity contribution in [3.8, 4) is 0 Å². The summed E-state index contributed by atoms with van der Waals surface area (Å²) in [6.45, 7) is 0. The Morgan fingerprint density at radius 1 is 1.00 bits per heavy atom. The second-order valence-electron chi connectivity index (χ2n) is 8.68. The van der Waals surface area contributed by atoms with Crippen LogP contribution in [0.15, 0.2) is 60.7 Å². The molecule has 0 aromatic heterocycles. The summed E-state index contributed by atoms with van der Waals surface area (Å²) in [6, 6.07) is 13.4. The van der Waals surface area contributed by atoms with Crippen LogP contribution < -0.4 is 0 Å². The van der Waals surface area contributed by atoms with Crippen LogP contribution >= 0.6 is 23.2 Å². The van der Waals surface area contributed by atoms with Crippen molar-refractivity contribution in [1.82, 2.24) is 0 Å². The van der Waals surface area contributed by atoms with Crippen molar-refractivity contribution < 1.29 is 19.1 Å². The fourth-order valence-corrected chi connectivity index (χ4v) is 3.96. The maximum Gasteiger partial charge on any atom is 0.347 e. The summed E-state index contributed by atoms with van der Waals surface area (Å²) in [5, 5.41) is 12.7. The molecule has 2 aromatic rings. The summed E-state index contributed by atoms with van der Waals surface area (Å²) in [6.07, 6.45) is 6.29. The predicted molar refractivity (Wildman–Crippen MR) is 121 cm³/mol. The first kappa shape index (κ1) is 22.8. The molecule has 1 aliphatic rings. The average Bonchev–Trinajstić information content (AvgIpc) is 2.94. The van der Waals surface area contributed by atoms with Crippen molar-refractivity contribution in [3.05, 3.63) is 81.9 Å². The van der Waals surface area contributed by atoms with Gasteiger partial charge in [-0.15, -0.1) is 0 Å². The van der Waals surface area contributed by atoms with Crippen LogP contribution in [-0.4, -0.2) is 48.8 Å². The van der Waals surface area contributed by atoms with Crippen LogP contribution in [0.3, 0.4) is 0 Å². The summed E-state index contributed by atoms with van der Waals surface area (Å²) >= 11 is 12.0. The summed E-state index contributed by atoms with van der Waals surface area (Å²) in [7, 11) is 6.37. The first-order valence-corrected chi connectivity index (χ1v) is 10.8. The van der Waals surface area contributed by atoms with Crippen LogP contribution in [0.2, 0.25) is 10.0 Å². The molecule has 2 atom stereocenters. The Kier molecular flexibility index (Phi) is 6.93. The fraction of sp³-hybridized carbons (Fsp3) is 0.375. The quantitative estimate of drug-likeness (QED) is 0.399. The van der Waals surface area contributed by atoms with Crippen LogP contribution in [0.1, 0.15) is 30.4 Å². The molecule has 0 bridgehead atoms. The molecule has 0 saturated heterocycles. The Bertz CT molecular complexity index is 856. The zero-order valence-corrected chi connectivity index (χ0v) is 19.0. The van der Waals surface area contributed by atoms with Gasteiger partial charge in [-0.25, -0.2) is 4.79 Å². The summed E-state index contributed by atoms with van der Waals surface area (Å²) in [5.74, 6) is -0.695. The number of benzene rings is 2. The number of aliphatic hydroxyl groups is 1. The number of allylic oxidation sites excluding steroid dienone is 1. The third-order valence-corrected chi connectivity index (χ3v) is 6.11. The minimum absolute atomic E-state index is 0.226. The number of ether oxygens (including phenoxy) is 1. The number of halogens is 2. The highest BCUT2D eigenvalue weighted by Gasteiger charge is 2.43. The van der Waals surface area contributed by atoms with Crippen molar-refractivity contribution in [2.75, 3.05) is 21.1 Å². The van der Waals surface area contributed by atoms with Gasteiger partial charge in [0.1, 0.15) is 12.1 Å². The molecule has 0 aliphatic heterocycles. The zero-order valence-electron chi connectivity index (χ0n) is 17.5. The molecule has 0 amide bonds. The van der Waals surface area contributed by atoms with E-state index in [1.54, 1.807) is 48.5 Å². The summed E-state index contributed by atoms with van der Waals surface area (Å²) < 4.78 is 6.67. The number of carbonyl (C=O) groups is 1. The van der Waals surface area contributed by atoms with Crippen LogP contribution in [0, 0.1) is 0 Å². The molecule has 0 spiro atoms. The Hall–Kier alpha value is -1.85. The maximum absolute atomic E-state index is 13.4. The third kappa shape index (κ3) is 5.06. The van der Waals surface area contributed by atoms with Gasteiger partial charge >= 0.3 is 5.97 Å². The second-order valence-corrected chi connectivity index (χ2v) is 9.55. The first-order chi connectivity index (χ1) is 14.1. The minimum atomic E-state index is -1.96. The Balaban J connectivity index is 1.92. The molecule has 0 radical (unpaired) electrons. The molecule has 4 nitrogen and oxygen atoms in total. The first-order valence-electron chi connectivity index (χ1n) is 10.0. The van der Waals surface area contributed by atoms with Gasteiger partial charge in [0.2, 0.25) is 5.60 Å². The molecule has 6 heteroatoms. The molecule has 0 saturated carbocycles. The van der Waals surface area contributed by atoms with E-state index in [0.29, 0.717) is 27.6 Å². The lowest BCUT2D eigenvalue weighted by atomic mass is 9.86. The molecule has 1 aliphatic carbocycles. The molecule has 0 fully saturated rings. The van der Waals surface area contributed by atoms with Gasteiger partial charge in [-0.2, -0.15) is 0 Å². The normalized spacial score (nSPS) is 19.9. The molecular formula is C24H28Cl2NO3+. The maximum atomic E-state index is 13.4. The van der Waals surface area contributed by atoms with Crippen LogP contribution in [0.5, 0.6) is 0 Å². The highest BCUT2D eigenvalue weighted by Crippen LogP contribution is 2.34. The Labute approximate surface area is 188 Å². The summed E-state index contributed by atoms with van der Waals surface area (Å²) in [5.41, 5.74) is -1.16. The minimum Gasteiger partial charge on any atom is -0.459 e. The molecule has 0 heterocycles. The highest BCUT2D eigenvalue weighted by molar-refractivity contribution is 6.30. The van der Waals surface area contributed by atoms with Crippen LogP contribution in [-0.2, 0) is 15.1 Å².